The molecule has 0 rings (SSSR count). The van der Waals surface area contributed by atoms with Crippen LogP contribution in [0.2, 0.25) is 0 Å². The third-order valence-corrected chi connectivity index (χ3v) is 6.99. The lowest BCUT2D eigenvalue weighted by Gasteiger charge is -2.20. The monoisotopic (exact) mass is 599 g/mol. The molecule has 0 radical (unpaired) electrons. The Kier molecular flexibility index (Phi) is 28.8. The fraction of sp³-hybridized carbons (Fsp3) is 0.719. The molecule has 0 amide bonds. The molecule has 2 atom stereocenters. The van der Waals surface area contributed by atoms with E-state index in [1.54, 1.807) is 0 Å². The standard InChI is InChI=1S/C32H58NO7P/c1-3-5-7-9-11-13-14-15-16-17-18-20-22-24-27-37-29-31(30-39-41(35,36)38-28-26-33)40-32(34)25-23-21-19-12-10-8-6-4-2/h5,7,11,13,15-16,18,20,31H,3-4,6,8-10,12,14,17,19,21-30,33H2,1-2H3,(H,35,36)/b7-5-,13-11-,16-15-,20-18-. The molecule has 0 aromatic rings. The molecule has 8 nitrogen and oxygen atoms in total. The van der Waals surface area contributed by atoms with Crippen molar-refractivity contribution in [3.8, 4) is 0 Å². The van der Waals surface area contributed by atoms with Crippen LogP contribution in [-0.4, -0.2) is 49.9 Å². The lowest BCUT2D eigenvalue weighted by molar-refractivity contribution is -0.154. The molecule has 0 saturated carbocycles. The van der Waals surface area contributed by atoms with E-state index in [0.29, 0.717) is 13.0 Å². The number of hydrogen-bond acceptors (Lipinski definition) is 7. The maximum absolute atomic E-state index is 12.4. The Hall–Kier alpha value is -1.54. The molecule has 0 heterocycles. The minimum absolute atomic E-state index is 0.0776. The first-order chi connectivity index (χ1) is 19.9. The minimum atomic E-state index is -4.27. The van der Waals surface area contributed by atoms with Gasteiger partial charge in [-0.05, 0) is 44.9 Å². The summed E-state index contributed by atoms with van der Waals surface area (Å²) < 4.78 is 32.9. The van der Waals surface area contributed by atoms with Gasteiger partial charge in [0.1, 0.15) is 6.10 Å². The van der Waals surface area contributed by atoms with E-state index in [4.69, 9.17) is 24.3 Å². The summed E-state index contributed by atoms with van der Waals surface area (Å²) in [6.45, 7) is 4.58. The molecule has 0 aliphatic rings. The summed E-state index contributed by atoms with van der Waals surface area (Å²) in [4.78, 5) is 22.1. The molecule has 9 heteroatoms. The Morgan fingerprint density at radius 1 is 0.756 bits per heavy atom. The number of nitrogens with two attached hydrogens (primary N) is 1. The highest BCUT2D eigenvalue weighted by Gasteiger charge is 2.25. The number of carbonyl (C=O) groups excluding carboxylic acids is 1. The summed E-state index contributed by atoms with van der Waals surface area (Å²) in [6, 6.07) is 0. The highest BCUT2D eigenvalue weighted by atomic mass is 31.2. The second-order valence-corrected chi connectivity index (χ2v) is 11.4. The van der Waals surface area contributed by atoms with Gasteiger partial charge in [-0.1, -0.05) is 107 Å². The maximum Gasteiger partial charge on any atom is 0.472 e. The average molecular weight is 600 g/mol. The molecule has 3 N–H and O–H groups in total. The van der Waals surface area contributed by atoms with Crippen LogP contribution in [0.1, 0.15) is 110 Å². The summed E-state index contributed by atoms with van der Waals surface area (Å²) in [5, 5.41) is 0. The van der Waals surface area contributed by atoms with Crippen molar-refractivity contribution in [1.82, 2.24) is 0 Å². The van der Waals surface area contributed by atoms with E-state index < -0.39 is 13.9 Å². The lowest BCUT2D eigenvalue weighted by Crippen LogP contribution is -2.28. The molecule has 0 fully saturated rings. The van der Waals surface area contributed by atoms with Gasteiger partial charge in [-0.3, -0.25) is 13.8 Å². The number of hydrogen-bond donors (Lipinski definition) is 2. The topological polar surface area (TPSA) is 117 Å². The number of esters is 1. The van der Waals surface area contributed by atoms with Gasteiger partial charge in [0, 0.05) is 19.6 Å². The molecule has 0 aromatic heterocycles. The van der Waals surface area contributed by atoms with Crippen LogP contribution in [0.4, 0.5) is 0 Å². The van der Waals surface area contributed by atoms with Crippen LogP contribution in [0.3, 0.4) is 0 Å². The summed E-state index contributed by atoms with van der Waals surface area (Å²) in [5.41, 5.74) is 5.32. The zero-order valence-electron chi connectivity index (χ0n) is 25.8. The van der Waals surface area contributed by atoms with Gasteiger partial charge in [0.15, 0.2) is 0 Å². The van der Waals surface area contributed by atoms with E-state index in [-0.39, 0.29) is 32.3 Å². The highest BCUT2D eigenvalue weighted by Crippen LogP contribution is 2.43. The van der Waals surface area contributed by atoms with E-state index in [9.17, 15) is 14.3 Å². The van der Waals surface area contributed by atoms with Gasteiger partial charge in [0.25, 0.3) is 0 Å². The summed E-state index contributed by atoms with van der Waals surface area (Å²) in [7, 11) is -4.27. The Labute approximate surface area is 250 Å². The van der Waals surface area contributed by atoms with Crippen molar-refractivity contribution >= 4 is 13.8 Å². The Morgan fingerprint density at radius 2 is 1.34 bits per heavy atom. The second-order valence-electron chi connectivity index (χ2n) is 9.94. The number of phosphoric acid groups is 1. The number of unbranched alkanes of at least 4 members (excludes halogenated alkanes) is 8. The van der Waals surface area contributed by atoms with E-state index in [1.165, 1.54) is 32.1 Å². The molecule has 0 aliphatic heterocycles. The van der Waals surface area contributed by atoms with Crippen LogP contribution >= 0.6 is 7.82 Å². The zero-order chi connectivity index (χ0) is 30.3. The molecular formula is C32H58NO7P. The molecule has 0 aromatic carbocycles. The van der Waals surface area contributed by atoms with Crippen molar-refractivity contribution < 1.29 is 32.8 Å². The van der Waals surface area contributed by atoms with Crippen molar-refractivity contribution in [2.24, 2.45) is 5.73 Å². The smallest absolute Gasteiger partial charge is 0.457 e. The largest absolute Gasteiger partial charge is 0.472 e. The van der Waals surface area contributed by atoms with Gasteiger partial charge in [0.05, 0.1) is 19.8 Å². The summed E-state index contributed by atoms with van der Waals surface area (Å²) in [5.74, 6) is -0.358. The van der Waals surface area contributed by atoms with Crippen LogP contribution in [0, 0.1) is 0 Å². The normalized spacial score (nSPS) is 14.5. The van der Waals surface area contributed by atoms with Crippen LogP contribution < -0.4 is 5.73 Å². The van der Waals surface area contributed by atoms with Crippen LogP contribution in [0.25, 0.3) is 0 Å². The van der Waals surface area contributed by atoms with Crippen LogP contribution in [0.5, 0.6) is 0 Å². The number of phosphoric ester groups is 1. The average Bonchev–Trinajstić information content (AvgIpc) is 2.96. The predicted molar refractivity (Wildman–Crippen MR) is 169 cm³/mol. The Balaban J connectivity index is 4.28. The molecule has 41 heavy (non-hydrogen) atoms. The van der Waals surface area contributed by atoms with Gasteiger partial charge >= 0.3 is 13.8 Å². The van der Waals surface area contributed by atoms with Crippen molar-refractivity contribution in [3.05, 3.63) is 48.6 Å². The van der Waals surface area contributed by atoms with Crippen molar-refractivity contribution in [1.29, 1.82) is 0 Å². The first-order valence-corrected chi connectivity index (χ1v) is 17.1. The molecule has 0 saturated heterocycles. The zero-order valence-corrected chi connectivity index (χ0v) is 26.7. The van der Waals surface area contributed by atoms with Crippen molar-refractivity contribution in [3.63, 3.8) is 0 Å². The van der Waals surface area contributed by atoms with Gasteiger partial charge < -0.3 is 20.1 Å². The molecule has 0 bridgehead atoms. The highest BCUT2D eigenvalue weighted by molar-refractivity contribution is 7.47. The van der Waals surface area contributed by atoms with Gasteiger partial charge in [-0.25, -0.2) is 4.57 Å². The third kappa shape index (κ3) is 29.7. The lowest BCUT2D eigenvalue weighted by atomic mass is 10.1. The number of ether oxygens (including phenoxy) is 2. The Morgan fingerprint density at radius 3 is 1.95 bits per heavy atom. The van der Waals surface area contributed by atoms with Crippen LogP contribution in [0.15, 0.2) is 48.6 Å². The molecule has 0 spiro atoms. The van der Waals surface area contributed by atoms with Crippen molar-refractivity contribution in [2.75, 3.05) is 33.0 Å². The van der Waals surface area contributed by atoms with E-state index in [0.717, 1.165) is 57.8 Å². The molecular weight excluding hydrogens is 541 g/mol. The Bertz CT molecular complexity index is 767. The molecule has 0 aliphatic carbocycles. The number of allylic oxidation sites excluding steroid dienone is 8. The quantitative estimate of drug-likeness (QED) is 0.0383. The van der Waals surface area contributed by atoms with E-state index in [1.807, 2.05) is 0 Å². The van der Waals surface area contributed by atoms with Gasteiger partial charge in [-0.15, -0.1) is 0 Å². The van der Waals surface area contributed by atoms with E-state index in [2.05, 4.69) is 62.5 Å². The van der Waals surface area contributed by atoms with Gasteiger partial charge in [0.2, 0.25) is 0 Å². The SMILES string of the molecule is CC/C=C\C/C=C\C/C=C\C/C=C\CCCOCC(COP(=O)(O)OCCN)OC(=O)CCCCCCCCCC. The molecule has 238 valence electrons. The van der Waals surface area contributed by atoms with Gasteiger partial charge in [-0.2, -0.15) is 0 Å². The fourth-order valence-electron chi connectivity index (χ4n) is 3.76. The number of carbonyl (C=O) groups is 1. The first kappa shape index (κ1) is 39.5. The van der Waals surface area contributed by atoms with Crippen molar-refractivity contribution in [2.45, 2.75) is 116 Å². The predicted octanol–water partition coefficient (Wildman–Crippen LogP) is 8.12. The molecule has 2 unspecified atom stereocenters. The first-order valence-electron chi connectivity index (χ1n) is 15.6. The van der Waals surface area contributed by atoms with Crippen LogP contribution in [-0.2, 0) is 27.9 Å². The summed E-state index contributed by atoms with van der Waals surface area (Å²) in [6.07, 6.45) is 31.5. The van der Waals surface area contributed by atoms with E-state index >= 15 is 0 Å². The maximum atomic E-state index is 12.4. The summed E-state index contributed by atoms with van der Waals surface area (Å²) >= 11 is 0. The minimum Gasteiger partial charge on any atom is -0.457 e. The number of rotatable bonds is 29. The second kappa shape index (κ2) is 29.9. The third-order valence-electron chi connectivity index (χ3n) is 6.01. The fourth-order valence-corrected chi connectivity index (χ4v) is 4.53.